The minimum Gasteiger partial charge on any atom is -0.493 e. The second kappa shape index (κ2) is 9.90. The quantitative estimate of drug-likeness (QED) is 0.239. The molecular weight excluding hydrogens is 562 g/mol. The summed E-state index contributed by atoms with van der Waals surface area (Å²) in [4.78, 5) is 16.7. The average Bonchev–Trinajstić information content (AvgIpc) is 3.14. The fourth-order valence-electron chi connectivity index (χ4n) is 3.05. The molecule has 0 aliphatic carbocycles. The second-order valence-electron chi connectivity index (χ2n) is 6.73. The van der Waals surface area contributed by atoms with E-state index in [0.717, 1.165) is 14.5 Å². The van der Waals surface area contributed by atoms with Crippen LogP contribution < -0.4 is 9.47 Å². The van der Waals surface area contributed by atoms with Gasteiger partial charge in [-0.2, -0.15) is 0 Å². The molecule has 32 heavy (non-hydrogen) atoms. The van der Waals surface area contributed by atoms with Crippen LogP contribution in [0.2, 0.25) is 5.02 Å². The van der Waals surface area contributed by atoms with Crippen molar-refractivity contribution in [1.82, 2.24) is 0 Å². The molecule has 162 valence electrons. The Morgan fingerprint density at radius 1 is 1.06 bits per heavy atom. The zero-order chi connectivity index (χ0) is 22.7. The van der Waals surface area contributed by atoms with E-state index >= 15 is 0 Å². The van der Waals surface area contributed by atoms with Crippen molar-refractivity contribution in [1.29, 1.82) is 0 Å². The van der Waals surface area contributed by atoms with Gasteiger partial charge in [-0.1, -0.05) is 57.9 Å². The van der Waals surface area contributed by atoms with Crippen LogP contribution in [0.1, 0.15) is 16.7 Å². The number of cyclic esters (lactones) is 1. The van der Waals surface area contributed by atoms with Crippen molar-refractivity contribution in [3.63, 3.8) is 0 Å². The first-order chi connectivity index (χ1) is 15.5. The molecule has 0 spiro atoms. The van der Waals surface area contributed by atoms with E-state index in [0.29, 0.717) is 34.3 Å². The lowest BCUT2D eigenvalue weighted by molar-refractivity contribution is -0.129. The Labute approximate surface area is 206 Å². The van der Waals surface area contributed by atoms with Gasteiger partial charge in [-0.25, -0.2) is 9.79 Å². The monoisotopic (exact) mass is 575 g/mol. The number of carbonyl (C=O) groups excluding carboxylic acids is 1. The lowest BCUT2D eigenvalue weighted by Crippen LogP contribution is -2.05. The largest absolute Gasteiger partial charge is 0.493 e. The van der Waals surface area contributed by atoms with Crippen LogP contribution in [0.15, 0.2) is 80.3 Å². The molecule has 1 aliphatic rings. The molecular formula is C24H16Br2ClNO4. The molecule has 0 radical (unpaired) electrons. The van der Waals surface area contributed by atoms with Gasteiger partial charge in [0.1, 0.15) is 6.61 Å². The molecule has 0 bridgehead atoms. The molecule has 0 saturated carbocycles. The molecule has 0 unspecified atom stereocenters. The minimum absolute atomic E-state index is 0.163. The van der Waals surface area contributed by atoms with Crippen LogP contribution in [0.25, 0.3) is 6.08 Å². The zero-order valence-electron chi connectivity index (χ0n) is 16.8. The highest BCUT2D eigenvalue weighted by atomic mass is 79.9. The number of halogens is 3. The van der Waals surface area contributed by atoms with Crippen molar-refractivity contribution in [2.45, 2.75) is 6.61 Å². The van der Waals surface area contributed by atoms with Crippen LogP contribution in [0.5, 0.6) is 11.5 Å². The Hall–Kier alpha value is -2.61. The summed E-state index contributed by atoms with van der Waals surface area (Å²) in [6.45, 7) is 0.309. The summed E-state index contributed by atoms with van der Waals surface area (Å²) in [5.74, 6) is 0.552. The van der Waals surface area contributed by atoms with Gasteiger partial charge in [0.05, 0.1) is 17.7 Å². The molecule has 5 nitrogen and oxygen atoms in total. The molecule has 0 amide bonds. The summed E-state index contributed by atoms with van der Waals surface area (Å²) in [7, 11) is 1.53. The lowest BCUT2D eigenvalue weighted by Gasteiger charge is -2.14. The van der Waals surface area contributed by atoms with Gasteiger partial charge in [-0.15, -0.1) is 0 Å². The number of nitrogens with zero attached hydrogens (tertiary/aromatic N) is 1. The number of rotatable bonds is 6. The number of hydrogen-bond donors (Lipinski definition) is 0. The third-order valence-corrected chi connectivity index (χ3v) is 6.36. The second-order valence-corrected chi connectivity index (χ2v) is 8.85. The highest BCUT2D eigenvalue weighted by molar-refractivity contribution is 9.10. The molecule has 1 aliphatic heterocycles. The summed E-state index contributed by atoms with van der Waals surface area (Å²) in [6, 6.07) is 18.6. The Balaban J connectivity index is 1.61. The molecule has 3 aromatic carbocycles. The average molecular weight is 578 g/mol. The predicted molar refractivity (Wildman–Crippen MR) is 131 cm³/mol. The fourth-order valence-corrected chi connectivity index (χ4v) is 4.17. The van der Waals surface area contributed by atoms with Crippen LogP contribution in [-0.2, 0) is 16.1 Å². The van der Waals surface area contributed by atoms with E-state index in [9.17, 15) is 4.79 Å². The van der Waals surface area contributed by atoms with Crippen molar-refractivity contribution >= 4 is 61.4 Å². The van der Waals surface area contributed by atoms with E-state index < -0.39 is 5.97 Å². The molecule has 0 atom stereocenters. The molecule has 8 heteroatoms. The normalized spacial score (nSPS) is 14.3. The Kier molecular flexibility index (Phi) is 6.98. The number of hydrogen-bond acceptors (Lipinski definition) is 5. The molecule has 3 aromatic rings. The van der Waals surface area contributed by atoms with Crippen LogP contribution in [-0.4, -0.2) is 19.0 Å². The van der Waals surface area contributed by atoms with Crippen LogP contribution in [0.4, 0.5) is 0 Å². The van der Waals surface area contributed by atoms with Gasteiger partial charge in [-0.05, 0) is 57.9 Å². The first kappa shape index (κ1) is 22.6. The van der Waals surface area contributed by atoms with Gasteiger partial charge in [0.2, 0.25) is 5.90 Å². The van der Waals surface area contributed by atoms with E-state index in [4.69, 9.17) is 25.8 Å². The van der Waals surface area contributed by atoms with Crippen molar-refractivity contribution < 1.29 is 19.0 Å². The van der Waals surface area contributed by atoms with Crippen molar-refractivity contribution in [3.05, 3.63) is 97.0 Å². The van der Waals surface area contributed by atoms with E-state index in [1.807, 2.05) is 48.5 Å². The maximum atomic E-state index is 12.4. The SMILES string of the molecule is COc1cc(/C=C2\N=C(c3ccccc3Br)OC2=O)cc(Cl)c1OCc1ccccc1Br. The number of benzene rings is 3. The van der Waals surface area contributed by atoms with E-state index in [1.165, 1.54) is 7.11 Å². The molecule has 0 saturated heterocycles. The van der Waals surface area contributed by atoms with Gasteiger partial charge in [0.25, 0.3) is 0 Å². The Bertz CT molecular complexity index is 1260. The Morgan fingerprint density at radius 3 is 2.50 bits per heavy atom. The van der Waals surface area contributed by atoms with Crippen molar-refractivity contribution in [2.75, 3.05) is 7.11 Å². The van der Waals surface area contributed by atoms with E-state index in [-0.39, 0.29) is 11.6 Å². The molecule has 1 heterocycles. The standard InChI is InChI=1S/C24H16Br2ClNO4/c1-30-21-12-14(10-19(27)22(21)31-13-15-6-2-4-8-17(15)25)11-20-24(29)32-23(28-20)16-7-3-5-9-18(16)26/h2-12H,13H2,1H3/b20-11-. The smallest absolute Gasteiger partial charge is 0.363 e. The number of aliphatic imine (C=N–C) groups is 1. The van der Waals surface area contributed by atoms with Gasteiger partial charge in [-0.3, -0.25) is 0 Å². The van der Waals surface area contributed by atoms with E-state index in [2.05, 4.69) is 36.9 Å². The topological polar surface area (TPSA) is 57.1 Å². The highest BCUT2D eigenvalue weighted by Crippen LogP contribution is 2.38. The van der Waals surface area contributed by atoms with Gasteiger partial charge < -0.3 is 14.2 Å². The molecule has 0 aromatic heterocycles. The first-order valence-corrected chi connectivity index (χ1v) is 11.4. The molecule has 0 N–H and O–H groups in total. The predicted octanol–water partition coefficient (Wildman–Crippen LogP) is 6.80. The minimum atomic E-state index is -0.542. The van der Waals surface area contributed by atoms with Gasteiger partial charge in [0, 0.05) is 14.5 Å². The van der Waals surface area contributed by atoms with Gasteiger partial charge >= 0.3 is 5.97 Å². The van der Waals surface area contributed by atoms with Crippen molar-refractivity contribution in [2.24, 2.45) is 4.99 Å². The van der Waals surface area contributed by atoms with E-state index in [1.54, 1.807) is 18.2 Å². The Morgan fingerprint density at radius 2 is 1.78 bits per heavy atom. The number of ether oxygens (including phenoxy) is 3. The third kappa shape index (κ3) is 4.90. The van der Waals surface area contributed by atoms with Gasteiger partial charge in [0.15, 0.2) is 17.2 Å². The first-order valence-electron chi connectivity index (χ1n) is 9.47. The van der Waals surface area contributed by atoms with Crippen LogP contribution in [0.3, 0.4) is 0 Å². The maximum Gasteiger partial charge on any atom is 0.363 e. The van der Waals surface area contributed by atoms with Crippen molar-refractivity contribution in [3.8, 4) is 11.5 Å². The summed E-state index contributed by atoms with van der Waals surface area (Å²) in [5, 5.41) is 0.352. The summed E-state index contributed by atoms with van der Waals surface area (Å²) in [6.07, 6.45) is 1.60. The van der Waals surface area contributed by atoms with Crippen LogP contribution >= 0.6 is 43.5 Å². The number of methoxy groups -OCH3 is 1. The molecule has 0 fully saturated rings. The molecule has 4 rings (SSSR count). The number of esters is 1. The van der Waals surface area contributed by atoms with Crippen LogP contribution in [0, 0.1) is 0 Å². The maximum absolute atomic E-state index is 12.4. The zero-order valence-corrected chi connectivity index (χ0v) is 20.7. The summed E-state index contributed by atoms with van der Waals surface area (Å²) < 4.78 is 18.5. The lowest BCUT2D eigenvalue weighted by atomic mass is 10.1. The highest BCUT2D eigenvalue weighted by Gasteiger charge is 2.25. The fraction of sp³-hybridized carbons (Fsp3) is 0.0833. The number of carbonyl (C=O) groups is 1. The summed E-state index contributed by atoms with van der Waals surface area (Å²) in [5.41, 5.74) is 2.45. The third-order valence-electron chi connectivity index (χ3n) is 4.61. The summed E-state index contributed by atoms with van der Waals surface area (Å²) >= 11 is 13.4.